The third kappa shape index (κ3) is 4.03. The number of H-pyrrole nitrogens is 2. The summed E-state index contributed by atoms with van der Waals surface area (Å²) in [7, 11) is -4.18. The van der Waals surface area contributed by atoms with E-state index in [2.05, 4.69) is 4.72 Å². The largest absolute Gasteiger partial charge is 0.481 e. The summed E-state index contributed by atoms with van der Waals surface area (Å²) >= 11 is 0. The SMILES string of the molecule is CCCC(CNS(=O)(=O)c1c[nH]c(=O)[nH]c1=O)C(=O)O. The van der Waals surface area contributed by atoms with Gasteiger partial charge in [0.25, 0.3) is 5.56 Å². The molecule has 0 aliphatic heterocycles. The van der Waals surface area contributed by atoms with Crippen LogP contribution in [0.3, 0.4) is 0 Å². The van der Waals surface area contributed by atoms with E-state index in [1.807, 2.05) is 4.98 Å². The van der Waals surface area contributed by atoms with Crippen molar-refractivity contribution in [3.05, 3.63) is 27.0 Å². The topological polar surface area (TPSA) is 149 Å². The van der Waals surface area contributed by atoms with Crippen molar-refractivity contribution in [3.63, 3.8) is 0 Å². The van der Waals surface area contributed by atoms with Crippen molar-refractivity contribution in [2.75, 3.05) is 6.54 Å². The molecule has 10 heteroatoms. The van der Waals surface area contributed by atoms with E-state index < -0.39 is 38.1 Å². The number of carbonyl (C=O) groups is 1. The quantitative estimate of drug-likeness (QED) is 0.499. The number of carboxylic acid groups (broad SMARTS) is 1. The molecule has 112 valence electrons. The maximum absolute atomic E-state index is 11.8. The molecule has 4 N–H and O–H groups in total. The second-order valence-corrected chi connectivity index (χ2v) is 5.85. The molecule has 1 aromatic rings. The highest BCUT2D eigenvalue weighted by Crippen LogP contribution is 2.07. The molecule has 0 saturated carbocycles. The van der Waals surface area contributed by atoms with Gasteiger partial charge in [0.1, 0.15) is 0 Å². The maximum Gasteiger partial charge on any atom is 0.325 e. The zero-order valence-electron chi connectivity index (χ0n) is 10.7. The maximum atomic E-state index is 11.8. The Bertz CT molecular complexity index is 689. The number of carboxylic acids is 1. The average Bonchev–Trinajstić information content (AvgIpc) is 2.33. The molecule has 0 aromatic carbocycles. The highest BCUT2D eigenvalue weighted by molar-refractivity contribution is 7.89. The second kappa shape index (κ2) is 6.48. The molecule has 1 unspecified atom stereocenters. The lowest BCUT2D eigenvalue weighted by atomic mass is 10.1. The number of nitrogens with one attached hydrogen (secondary N) is 3. The Morgan fingerprint density at radius 2 is 2.10 bits per heavy atom. The smallest absolute Gasteiger partial charge is 0.325 e. The zero-order chi connectivity index (χ0) is 15.3. The summed E-state index contributed by atoms with van der Waals surface area (Å²) in [6.07, 6.45) is 1.65. The van der Waals surface area contributed by atoms with E-state index in [0.717, 1.165) is 6.20 Å². The van der Waals surface area contributed by atoms with E-state index in [0.29, 0.717) is 12.8 Å². The Hall–Kier alpha value is -1.94. The molecule has 0 amide bonds. The zero-order valence-corrected chi connectivity index (χ0v) is 11.5. The van der Waals surface area contributed by atoms with Gasteiger partial charge in [-0.15, -0.1) is 0 Å². The van der Waals surface area contributed by atoms with Gasteiger partial charge >= 0.3 is 11.7 Å². The van der Waals surface area contributed by atoms with Crippen molar-refractivity contribution in [1.82, 2.24) is 14.7 Å². The normalized spacial score (nSPS) is 13.1. The average molecular weight is 305 g/mol. The number of hydrogen-bond donors (Lipinski definition) is 4. The molecule has 1 heterocycles. The number of hydrogen-bond acceptors (Lipinski definition) is 5. The number of aromatic nitrogens is 2. The molecule has 0 bridgehead atoms. The Balaban J connectivity index is 2.92. The minimum atomic E-state index is -4.18. The van der Waals surface area contributed by atoms with E-state index in [-0.39, 0.29) is 6.54 Å². The molecular weight excluding hydrogens is 290 g/mol. The van der Waals surface area contributed by atoms with Crippen LogP contribution in [-0.2, 0) is 14.8 Å². The van der Waals surface area contributed by atoms with Crippen LogP contribution in [0.5, 0.6) is 0 Å². The number of aromatic amines is 2. The van der Waals surface area contributed by atoms with Crippen LogP contribution in [0.2, 0.25) is 0 Å². The molecule has 0 fully saturated rings. The van der Waals surface area contributed by atoms with Crippen LogP contribution < -0.4 is 16.0 Å². The lowest BCUT2D eigenvalue weighted by Gasteiger charge is -2.12. The van der Waals surface area contributed by atoms with Crippen molar-refractivity contribution < 1.29 is 18.3 Å². The van der Waals surface area contributed by atoms with Crippen LogP contribution in [0.25, 0.3) is 0 Å². The van der Waals surface area contributed by atoms with E-state index in [4.69, 9.17) is 5.11 Å². The van der Waals surface area contributed by atoms with Crippen LogP contribution in [0, 0.1) is 5.92 Å². The van der Waals surface area contributed by atoms with Crippen LogP contribution in [0.4, 0.5) is 0 Å². The van der Waals surface area contributed by atoms with Gasteiger partial charge < -0.3 is 10.1 Å². The van der Waals surface area contributed by atoms with Gasteiger partial charge in [-0.05, 0) is 6.42 Å². The second-order valence-electron chi connectivity index (χ2n) is 4.11. The predicted molar refractivity (Wildman–Crippen MR) is 68.9 cm³/mol. The van der Waals surface area contributed by atoms with Crippen molar-refractivity contribution in [1.29, 1.82) is 0 Å². The summed E-state index contributed by atoms with van der Waals surface area (Å²) < 4.78 is 25.8. The van der Waals surface area contributed by atoms with Gasteiger partial charge in [0.05, 0.1) is 5.92 Å². The Kier molecular flexibility index (Phi) is 5.22. The van der Waals surface area contributed by atoms with Gasteiger partial charge in [-0.25, -0.2) is 17.9 Å². The van der Waals surface area contributed by atoms with Crippen LogP contribution in [-0.4, -0.2) is 36.0 Å². The lowest BCUT2D eigenvalue weighted by Crippen LogP contribution is -2.37. The Labute approximate surface area is 114 Å². The molecule has 9 nitrogen and oxygen atoms in total. The highest BCUT2D eigenvalue weighted by Gasteiger charge is 2.23. The van der Waals surface area contributed by atoms with Crippen molar-refractivity contribution in [2.45, 2.75) is 24.7 Å². The molecule has 1 aromatic heterocycles. The molecule has 1 atom stereocenters. The number of rotatable bonds is 7. The first-order valence-corrected chi connectivity index (χ1v) is 7.30. The summed E-state index contributed by atoms with van der Waals surface area (Å²) in [4.78, 5) is 36.2. The molecule has 0 spiro atoms. The first-order valence-electron chi connectivity index (χ1n) is 5.82. The van der Waals surface area contributed by atoms with Gasteiger partial charge in [0.2, 0.25) is 10.0 Å². The monoisotopic (exact) mass is 305 g/mol. The van der Waals surface area contributed by atoms with Crippen LogP contribution in [0.15, 0.2) is 20.7 Å². The van der Waals surface area contributed by atoms with Crippen molar-refractivity contribution in [2.24, 2.45) is 5.92 Å². The summed E-state index contributed by atoms with van der Waals surface area (Å²) in [5.74, 6) is -2.00. The molecule has 1 rings (SSSR count). The molecular formula is C10H15N3O6S. The minimum absolute atomic E-state index is 0.305. The van der Waals surface area contributed by atoms with E-state index >= 15 is 0 Å². The number of aliphatic carboxylic acids is 1. The van der Waals surface area contributed by atoms with Crippen molar-refractivity contribution >= 4 is 16.0 Å². The molecule has 0 aliphatic carbocycles. The molecule has 0 radical (unpaired) electrons. The van der Waals surface area contributed by atoms with E-state index in [9.17, 15) is 22.8 Å². The summed E-state index contributed by atoms with van der Waals surface area (Å²) in [5.41, 5.74) is -1.90. The van der Waals surface area contributed by atoms with Gasteiger partial charge in [0, 0.05) is 12.7 Å². The summed E-state index contributed by atoms with van der Waals surface area (Å²) in [6, 6.07) is 0. The van der Waals surface area contributed by atoms with Crippen molar-refractivity contribution in [3.8, 4) is 0 Å². The number of sulfonamides is 1. The fraction of sp³-hybridized carbons (Fsp3) is 0.500. The highest BCUT2D eigenvalue weighted by atomic mass is 32.2. The fourth-order valence-corrected chi connectivity index (χ4v) is 2.63. The van der Waals surface area contributed by atoms with Crippen LogP contribution in [0.1, 0.15) is 19.8 Å². The fourth-order valence-electron chi connectivity index (χ4n) is 1.55. The molecule has 20 heavy (non-hydrogen) atoms. The first-order chi connectivity index (χ1) is 9.27. The standard InChI is InChI=1S/C10H15N3O6S/c1-2-3-6(9(15)16)4-12-20(18,19)7-5-11-10(17)13-8(7)14/h5-6,12H,2-4H2,1H3,(H,15,16)(H2,11,13,14,17). The minimum Gasteiger partial charge on any atom is -0.481 e. The molecule has 0 saturated heterocycles. The van der Waals surface area contributed by atoms with E-state index in [1.165, 1.54) is 0 Å². The Morgan fingerprint density at radius 3 is 2.60 bits per heavy atom. The van der Waals surface area contributed by atoms with E-state index in [1.54, 1.807) is 11.9 Å². The third-order valence-corrected chi connectivity index (χ3v) is 4.01. The molecule has 0 aliphatic rings. The lowest BCUT2D eigenvalue weighted by molar-refractivity contribution is -0.141. The van der Waals surface area contributed by atoms with Gasteiger partial charge in [-0.1, -0.05) is 13.3 Å². The van der Waals surface area contributed by atoms with Gasteiger partial charge in [-0.2, -0.15) is 0 Å². The van der Waals surface area contributed by atoms with Crippen LogP contribution >= 0.6 is 0 Å². The summed E-state index contributed by atoms with van der Waals surface area (Å²) in [5, 5.41) is 8.91. The van der Waals surface area contributed by atoms with Gasteiger partial charge in [-0.3, -0.25) is 14.6 Å². The van der Waals surface area contributed by atoms with Gasteiger partial charge in [0.15, 0.2) is 4.90 Å². The Morgan fingerprint density at radius 1 is 1.45 bits per heavy atom. The summed E-state index contributed by atoms with van der Waals surface area (Å²) in [6.45, 7) is 1.45. The first kappa shape index (κ1) is 16.1. The third-order valence-electron chi connectivity index (χ3n) is 2.58. The predicted octanol–water partition coefficient (Wildman–Crippen LogP) is -1.16.